The van der Waals surface area contributed by atoms with E-state index >= 15 is 0 Å². The van der Waals surface area contributed by atoms with E-state index in [9.17, 15) is 13.2 Å². The second-order valence-corrected chi connectivity index (χ2v) is 8.78. The van der Waals surface area contributed by atoms with Crippen LogP contribution in [0.1, 0.15) is 21.6 Å². The van der Waals surface area contributed by atoms with Gasteiger partial charge < -0.3 is 9.64 Å². The van der Waals surface area contributed by atoms with Crippen LogP contribution in [0.5, 0.6) is 5.75 Å². The van der Waals surface area contributed by atoms with E-state index in [1.54, 1.807) is 27.9 Å². The van der Waals surface area contributed by atoms with Gasteiger partial charge in [0.05, 0.1) is 12.6 Å². The number of amides is 1. The Bertz CT molecular complexity index is 902. The van der Waals surface area contributed by atoms with E-state index in [1.165, 1.54) is 22.8 Å². The van der Waals surface area contributed by atoms with Crippen molar-refractivity contribution in [2.75, 3.05) is 33.3 Å². The number of aryl methyl sites for hydroxylation is 2. The molecule has 1 aliphatic heterocycles. The maximum Gasteiger partial charge on any atom is 0.273 e. The number of hydrogen-bond donors (Lipinski definition) is 0. The maximum absolute atomic E-state index is 13.1. The number of piperazine rings is 1. The van der Waals surface area contributed by atoms with Crippen molar-refractivity contribution in [3.05, 3.63) is 39.8 Å². The first-order valence-electron chi connectivity index (χ1n) is 8.17. The van der Waals surface area contributed by atoms with E-state index in [2.05, 4.69) is 4.98 Å². The van der Waals surface area contributed by atoms with Gasteiger partial charge >= 0.3 is 0 Å². The first kappa shape index (κ1) is 18.8. The van der Waals surface area contributed by atoms with Crippen LogP contribution in [0.25, 0.3) is 0 Å². The monoisotopic (exact) mass is 395 g/mol. The summed E-state index contributed by atoms with van der Waals surface area (Å²) < 4.78 is 32.8. The van der Waals surface area contributed by atoms with Gasteiger partial charge in [-0.3, -0.25) is 4.79 Å². The Morgan fingerprint density at radius 3 is 2.38 bits per heavy atom. The Morgan fingerprint density at radius 2 is 1.81 bits per heavy atom. The molecule has 2 heterocycles. The molecule has 3 rings (SSSR count). The number of methoxy groups -OCH3 is 1. The van der Waals surface area contributed by atoms with Gasteiger partial charge in [0.2, 0.25) is 10.0 Å². The van der Waals surface area contributed by atoms with Gasteiger partial charge in [-0.05, 0) is 37.1 Å². The Balaban J connectivity index is 1.78. The van der Waals surface area contributed by atoms with Crippen molar-refractivity contribution in [3.8, 4) is 5.75 Å². The highest BCUT2D eigenvalue weighted by Gasteiger charge is 2.33. The molecule has 0 unspecified atom stereocenters. The Hall–Kier alpha value is -1.97. The summed E-state index contributed by atoms with van der Waals surface area (Å²) in [6, 6.07) is 3.39. The molecule has 1 saturated heterocycles. The molecule has 26 heavy (non-hydrogen) atoms. The van der Waals surface area contributed by atoms with Crippen molar-refractivity contribution in [2.24, 2.45) is 0 Å². The normalized spacial score (nSPS) is 15.9. The van der Waals surface area contributed by atoms with Gasteiger partial charge in [-0.15, -0.1) is 11.3 Å². The summed E-state index contributed by atoms with van der Waals surface area (Å²) in [5.41, 5.74) is 3.88. The third-order valence-electron chi connectivity index (χ3n) is 4.58. The van der Waals surface area contributed by atoms with Crippen molar-refractivity contribution in [1.29, 1.82) is 0 Å². The fourth-order valence-electron chi connectivity index (χ4n) is 2.88. The predicted octanol–water partition coefficient (Wildman–Crippen LogP) is 1.92. The van der Waals surface area contributed by atoms with Crippen LogP contribution in [0.4, 0.5) is 0 Å². The van der Waals surface area contributed by atoms with Crippen LogP contribution in [0.2, 0.25) is 0 Å². The molecule has 0 bridgehead atoms. The van der Waals surface area contributed by atoms with Crippen LogP contribution in [0, 0.1) is 13.8 Å². The minimum absolute atomic E-state index is 0.160. The second kappa shape index (κ2) is 7.34. The Kier molecular flexibility index (Phi) is 5.31. The molecule has 0 aliphatic carbocycles. The van der Waals surface area contributed by atoms with Crippen molar-refractivity contribution in [2.45, 2.75) is 18.7 Å². The summed E-state index contributed by atoms with van der Waals surface area (Å²) in [6.07, 6.45) is 0. The lowest BCUT2D eigenvalue weighted by molar-refractivity contribution is 0.0692. The van der Waals surface area contributed by atoms with E-state index in [4.69, 9.17) is 4.74 Å². The molecule has 9 heteroatoms. The van der Waals surface area contributed by atoms with Gasteiger partial charge in [0.15, 0.2) is 0 Å². The lowest BCUT2D eigenvalue weighted by atomic mass is 10.1. The number of ether oxygens (including phenoxy) is 1. The minimum Gasteiger partial charge on any atom is -0.495 e. The molecule has 0 N–H and O–H groups in total. The smallest absolute Gasteiger partial charge is 0.273 e. The predicted molar refractivity (Wildman–Crippen MR) is 99.2 cm³/mol. The first-order valence-corrected chi connectivity index (χ1v) is 10.6. The third-order valence-corrected chi connectivity index (χ3v) is 7.08. The maximum atomic E-state index is 13.1. The summed E-state index contributed by atoms with van der Waals surface area (Å²) in [6.45, 7) is 4.95. The van der Waals surface area contributed by atoms with Crippen LogP contribution < -0.4 is 4.74 Å². The van der Waals surface area contributed by atoms with Crippen LogP contribution in [-0.4, -0.2) is 61.8 Å². The zero-order valence-corrected chi connectivity index (χ0v) is 16.6. The summed E-state index contributed by atoms with van der Waals surface area (Å²) in [7, 11) is -2.22. The van der Waals surface area contributed by atoms with Gasteiger partial charge in [-0.2, -0.15) is 4.31 Å². The van der Waals surface area contributed by atoms with Crippen LogP contribution >= 0.6 is 11.3 Å². The van der Waals surface area contributed by atoms with Gasteiger partial charge in [-0.25, -0.2) is 13.4 Å². The number of hydrogen-bond acceptors (Lipinski definition) is 6. The molecule has 0 atom stereocenters. The molecule has 1 aromatic heterocycles. The molecule has 0 saturated carbocycles. The zero-order chi connectivity index (χ0) is 18.9. The summed E-state index contributed by atoms with van der Waals surface area (Å²) >= 11 is 1.36. The van der Waals surface area contributed by atoms with Crippen molar-refractivity contribution < 1.29 is 17.9 Å². The standard InChI is InChI=1S/C17H21N3O4S2/c1-12-8-15(24-3)16(9-13(12)2)26(22,23)20-6-4-19(5-7-20)17(21)14-10-25-11-18-14/h8-11H,4-7H2,1-3H3. The van der Waals surface area contributed by atoms with E-state index in [0.29, 0.717) is 24.5 Å². The Labute approximate surface area is 157 Å². The van der Waals surface area contributed by atoms with Crippen LogP contribution in [-0.2, 0) is 10.0 Å². The molecular weight excluding hydrogens is 374 g/mol. The molecule has 140 valence electrons. The topological polar surface area (TPSA) is 79.8 Å². The molecule has 1 aromatic carbocycles. The molecule has 1 amide bonds. The van der Waals surface area contributed by atoms with Crippen molar-refractivity contribution in [1.82, 2.24) is 14.2 Å². The number of sulfonamides is 1. The number of aromatic nitrogens is 1. The second-order valence-electron chi connectivity index (χ2n) is 6.16. The average molecular weight is 396 g/mol. The van der Waals surface area contributed by atoms with Crippen molar-refractivity contribution in [3.63, 3.8) is 0 Å². The third kappa shape index (κ3) is 3.46. The zero-order valence-electron chi connectivity index (χ0n) is 14.9. The van der Waals surface area contributed by atoms with Crippen molar-refractivity contribution >= 4 is 27.3 Å². The number of carbonyl (C=O) groups excluding carboxylic acids is 1. The summed E-state index contributed by atoms with van der Waals surface area (Å²) in [5.74, 6) is 0.182. The lowest BCUT2D eigenvalue weighted by Gasteiger charge is -2.34. The van der Waals surface area contributed by atoms with E-state index in [-0.39, 0.29) is 23.9 Å². The van der Waals surface area contributed by atoms with Gasteiger partial charge in [0.25, 0.3) is 5.91 Å². The molecule has 1 fully saturated rings. The first-order chi connectivity index (χ1) is 12.3. The SMILES string of the molecule is COc1cc(C)c(C)cc1S(=O)(=O)N1CCN(C(=O)c2cscn2)CC1. The lowest BCUT2D eigenvalue weighted by Crippen LogP contribution is -2.50. The quantitative estimate of drug-likeness (QED) is 0.790. The Morgan fingerprint density at radius 1 is 1.15 bits per heavy atom. The van der Waals surface area contributed by atoms with Gasteiger partial charge in [0.1, 0.15) is 16.3 Å². The highest BCUT2D eigenvalue weighted by atomic mass is 32.2. The molecular formula is C17H21N3O4S2. The fraction of sp³-hybridized carbons (Fsp3) is 0.412. The van der Waals surface area contributed by atoms with E-state index in [1.807, 2.05) is 13.8 Å². The number of benzene rings is 1. The number of nitrogens with zero attached hydrogens (tertiary/aromatic N) is 3. The minimum atomic E-state index is -3.69. The molecule has 1 aliphatic rings. The highest BCUT2D eigenvalue weighted by Crippen LogP contribution is 2.30. The fourth-order valence-corrected chi connectivity index (χ4v) is 5.05. The molecule has 0 spiro atoms. The number of rotatable bonds is 4. The average Bonchev–Trinajstić information content (AvgIpc) is 3.17. The summed E-state index contributed by atoms with van der Waals surface area (Å²) in [5, 5.41) is 1.70. The van der Waals surface area contributed by atoms with E-state index in [0.717, 1.165) is 11.1 Å². The molecule has 0 radical (unpaired) electrons. The largest absolute Gasteiger partial charge is 0.495 e. The molecule has 7 nitrogen and oxygen atoms in total. The van der Waals surface area contributed by atoms with Gasteiger partial charge in [-0.1, -0.05) is 0 Å². The van der Waals surface area contributed by atoms with Crippen LogP contribution in [0.3, 0.4) is 0 Å². The summed E-state index contributed by atoms with van der Waals surface area (Å²) in [4.78, 5) is 18.2. The molecule has 2 aromatic rings. The van der Waals surface area contributed by atoms with Crippen LogP contribution in [0.15, 0.2) is 27.9 Å². The highest BCUT2D eigenvalue weighted by molar-refractivity contribution is 7.89. The van der Waals surface area contributed by atoms with Gasteiger partial charge in [0, 0.05) is 31.6 Å². The number of thiazole rings is 1. The van der Waals surface area contributed by atoms with E-state index < -0.39 is 10.0 Å². The number of carbonyl (C=O) groups is 1.